The molecule has 0 aliphatic heterocycles. The van der Waals surface area contributed by atoms with Crippen molar-refractivity contribution in [2.45, 2.75) is 69.9 Å². The number of benzene rings is 1. The molecule has 0 heterocycles. The molecule has 0 radical (unpaired) electrons. The van der Waals surface area contributed by atoms with E-state index in [0.717, 1.165) is 51.4 Å². The molecule has 170 valence electrons. The number of amides is 2. The summed E-state index contributed by atoms with van der Waals surface area (Å²) in [5.74, 6) is -3.68. The van der Waals surface area contributed by atoms with Gasteiger partial charge in [-0.3, -0.25) is 9.59 Å². The second-order valence-electron chi connectivity index (χ2n) is 8.30. The van der Waals surface area contributed by atoms with Crippen LogP contribution in [0.2, 0.25) is 0 Å². The van der Waals surface area contributed by atoms with Crippen molar-refractivity contribution in [3.05, 3.63) is 23.5 Å². The Morgan fingerprint density at radius 3 is 2.00 bits per heavy atom. The Kier molecular flexibility index (Phi) is 8.08. The maximum atomic E-state index is 14.8. The van der Waals surface area contributed by atoms with Crippen molar-refractivity contribution in [1.29, 1.82) is 0 Å². The lowest BCUT2D eigenvalue weighted by atomic mass is 9.95. The van der Waals surface area contributed by atoms with E-state index in [1.165, 1.54) is 12.5 Å². The number of carbonyl (C=O) groups excluding carboxylic acids is 2. The maximum absolute atomic E-state index is 14.8. The van der Waals surface area contributed by atoms with E-state index in [2.05, 4.69) is 21.3 Å². The average Bonchev–Trinajstić information content (AvgIpc) is 3.26. The van der Waals surface area contributed by atoms with Gasteiger partial charge in [-0.1, -0.05) is 32.1 Å². The molecule has 2 aliphatic rings. The van der Waals surface area contributed by atoms with Gasteiger partial charge in [0.25, 0.3) is 5.91 Å². The van der Waals surface area contributed by atoms with Crippen molar-refractivity contribution < 1.29 is 23.9 Å². The summed E-state index contributed by atoms with van der Waals surface area (Å²) in [7, 11) is 0. The van der Waals surface area contributed by atoms with Crippen molar-refractivity contribution in [1.82, 2.24) is 10.6 Å². The molecular formula is C22H31FN4O4. The molecule has 0 spiro atoms. The van der Waals surface area contributed by atoms with Crippen molar-refractivity contribution in [2.75, 3.05) is 23.7 Å². The normalized spacial score (nSPS) is 17.2. The molecule has 0 atom stereocenters. The summed E-state index contributed by atoms with van der Waals surface area (Å²) >= 11 is 0. The molecule has 9 heteroatoms. The van der Waals surface area contributed by atoms with Crippen molar-refractivity contribution in [2.24, 2.45) is 0 Å². The summed E-state index contributed by atoms with van der Waals surface area (Å²) in [5.41, 5.74) is 1.18. The van der Waals surface area contributed by atoms with Crippen LogP contribution in [0.1, 0.15) is 68.1 Å². The van der Waals surface area contributed by atoms with Gasteiger partial charge in [0.1, 0.15) is 5.82 Å². The minimum atomic E-state index is -1.59. The van der Waals surface area contributed by atoms with Gasteiger partial charge >= 0.3 is 11.9 Å². The van der Waals surface area contributed by atoms with Crippen molar-refractivity contribution in [3.63, 3.8) is 0 Å². The zero-order valence-corrected chi connectivity index (χ0v) is 17.6. The Hall–Kier alpha value is -2.84. The van der Waals surface area contributed by atoms with Gasteiger partial charge in [-0.15, -0.1) is 0 Å². The first-order valence-corrected chi connectivity index (χ1v) is 11.1. The molecule has 2 fully saturated rings. The molecule has 2 saturated carbocycles. The molecule has 5 N–H and O–H groups in total. The molecule has 8 nitrogen and oxygen atoms in total. The second kappa shape index (κ2) is 11.0. The third-order valence-corrected chi connectivity index (χ3v) is 5.92. The SMILES string of the molecule is O=C(O)C(=O)NCCNC(=O)c1cc(F)c(NC2CCCCC2)cc1NC1CCCC1. The van der Waals surface area contributed by atoms with Crippen LogP contribution in [0.15, 0.2) is 12.1 Å². The summed E-state index contributed by atoms with van der Waals surface area (Å²) < 4.78 is 14.8. The Balaban J connectivity index is 1.70. The van der Waals surface area contributed by atoms with E-state index in [1.54, 1.807) is 6.07 Å². The zero-order valence-electron chi connectivity index (χ0n) is 17.6. The molecule has 0 bridgehead atoms. The standard InChI is InChI=1S/C22H31FN4O4/c23-17-12-16(20(28)24-10-11-25-21(29)22(30)31)18(26-14-8-4-5-9-14)13-19(17)27-15-6-2-1-3-7-15/h12-15,26-27H,1-11H2,(H,24,28)(H,25,29)(H,30,31). The fourth-order valence-electron chi connectivity index (χ4n) is 4.27. The minimum Gasteiger partial charge on any atom is -0.474 e. The third kappa shape index (κ3) is 6.57. The molecule has 2 amide bonds. The van der Waals surface area contributed by atoms with Crippen LogP contribution >= 0.6 is 0 Å². The molecule has 1 aromatic carbocycles. The fraction of sp³-hybridized carbons (Fsp3) is 0.591. The number of halogens is 1. The monoisotopic (exact) mass is 434 g/mol. The lowest BCUT2D eigenvalue weighted by molar-refractivity contribution is -0.150. The Morgan fingerprint density at radius 1 is 0.839 bits per heavy atom. The Labute approximate surface area is 181 Å². The van der Waals surface area contributed by atoms with Crippen LogP contribution in [0.25, 0.3) is 0 Å². The van der Waals surface area contributed by atoms with Crippen LogP contribution in [0, 0.1) is 5.82 Å². The highest BCUT2D eigenvalue weighted by atomic mass is 19.1. The van der Waals surface area contributed by atoms with Gasteiger partial charge in [0, 0.05) is 30.9 Å². The van der Waals surface area contributed by atoms with E-state index >= 15 is 0 Å². The zero-order chi connectivity index (χ0) is 22.2. The highest BCUT2D eigenvalue weighted by Gasteiger charge is 2.22. The third-order valence-electron chi connectivity index (χ3n) is 5.92. The van der Waals surface area contributed by atoms with Gasteiger partial charge in [-0.05, 0) is 37.8 Å². The fourth-order valence-corrected chi connectivity index (χ4v) is 4.27. The molecule has 2 aliphatic carbocycles. The second-order valence-corrected chi connectivity index (χ2v) is 8.30. The van der Waals surface area contributed by atoms with Crippen molar-refractivity contribution >= 4 is 29.2 Å². The smallest absolute Gasteiger partial charge is 0.394 e. The summed E-state index contributed by atoms with van der Waals surface area (Å²) in [5, 5.41) is 20.1. The number of aliphatic carboxylic acids is 1. The number of anilines is 2. The number of nitrogens with one attached hydrogen (secondary N) is 4. The number of carboxylic acid groups (broad SMARTS) is 1. The molecule has 0 saturated heterocycles. The highest BCUT2D eigenvalue weighted by Crippen LogP contribution is 2.30. The summed E-state index contributed by atoms with van der Waals surface area (Å²) in [6.45, 7) is -0.00349. The summed E-state index contributed by atoms with van der Waals surface area (Å²) in [6, 6.07) is 3.41. The predicted molar refractivity (Wildman–Crippen MR) is 116 cm³/mol. The van der Waals surface area contributed by atoms with Crippen LogP contribution in [-0.4, -0.2) is 48.1 Å². The predicted octanol–water partition coefficient (Wildman–Crippen LogP) is 2.86. The first-order valence-electron chi connectivity index (χ1n) is 11.1. The highest BCUT2D eigenvalue weighted by molar-refractivity contribution is 6.31. The van der Waals surface area contributed by atoms with Gasteiger partial charge < -0.3 is 26.4 Å². The topological polar surface area (TPSA) is 120 Å². The van der Waals surface area contributed by atoms with Crippen LogP contribution < -0.4 is 21.3 Å². The quantitative estimate of drug-likeness (QED) is 0.317. The lowest BCUT2D eigenvalue weighted by Crippen LogP contribution is -2.38. The number of rotatable bonds is 8. The van der Waals surface area contributed by atoms with E-state index < -0.39 is 23.6 Å². The van der Waals surface area contributed by atoms with Gasteiger partial charge in [0.05, 0.1) is 11.3 Å². The van der Waals surface area contributed by atoms with E-state index in [0.29, 0.717) is 11.4 Å². The van der Waals surface area contributed by atoms with Gasteiger partial charge in [-0.2, -0.15) is 0 Å². The number of carboxylic acids is 1. The lowest BCUT2D eigenvalue weighted by Gasteiger charge is -2.25. The Bertz CT molecular complexity index is 805. The Morgan fingerprint density at radius 2 is 1.39 bits per heavy atom. The van der Waals surface area contributed by atoms with Crippen LogP contribution in [-0.2, 0) is 9.59 Å². The average molecular weight is 435 g/mol. The molecule has 0 unspecified atom stereocenters. The molecule has 3 rings (SSSR count). The summed E-state index contributed by atoms with van der Waals surface area (Å²) in [6.07, 6.45) is 9.74. The molecule has 31 heavy (non-hydrogen) atoms. The van der Waals surface area contributed by atoms with Crippen LogP contribution in [0.4, 0.5) is 15.8 Å². The molecular weight excluding hydrogens is 403 g/mol. The van der Waals surface area contributed by atoms with E-state index in [1.807, 2.05) is 0 Å². The van der Waals surface area contributed by atoms with Gasteiger partial charge in [0.2, 0.25) is 0 Å². The number of carbonyl (C=O) groups is 3. The first-order chi connectivity index (χ1) is 14.9. The van der Waals surface area contributed by atoms with Gasteiger partial charge in [0.15, 0.2) is 0 Å². The van der Waals surface area contributed by atoms with E-state index in [4.69, 9.17) is 5.11 Å². The van der Waals surface area contributed by atoms with Crippen LogP contribution in [0.3, 0.4) is 0 Å². The maximum Gasteiger partial charge on any atom is 0.394 e. The number of hydrogen-bond acceptors (Lipinski definition) is 5. The largest absolute Gasteiger partial charge is 0.474 e. The first kappa shape index (κ1) is 22.8. The molecule has 0 aromatic heterocycles. The number of hydrogen-bond donors (Lipinski definition) is 5. The van der Waals surface area contributed by atoms with Crippen LogP contribution in [0.5, 0.6) is 0 Å². The van der Waals surface area contributed by atoms with Crippen molar-refractivity contribution in [3.8, 4) is 0 Å². The molecule has 1 aromatic rings. The van der Waals surface area contributed by atoms with Gasteiger partial charge in [-0.25, -0.2) is 9.18 Å². The van der Waals surface area contributed by atoms with E-state index in [-0.39, 0.29) is 30.7 Å². The minimum absolute atomic E-state index is 0.0322. The van der Waals surface area contributed by atoms with E-state index in [9.17, 15) is 18.8 Å². The summed E-state index contributed by atoms with van der Waals surface area (Å²) in [4.78, 5) is 34.3.